The molecule has 0 bridgehead atoms. The molecule has 0 atom stereocenters. The van der Waals surface area contributed by atoms with Gasteiger partial charge in [-0.1, -0.05) is 18.2 Å². The van der Waals surface area contributed by atoms with Crippen molar-refractivity contribution >= 4 is 28.9 Å². The molecule has 0 radical (unpaired) electrons. The molecule has 0 saturated heterocycles. The van der Waals surface area contributed by atoms with Crippen LogP contribution in [0.1, 0.15) is 16.7 Å². The van der Waals surface area contributed by atoms with Crippen LogP contribution in [0.25, 0.3) is 33.5 Å². The zero-order chi connectivity index (χ0) is 26.0. The number of carboxylic acids is 1. The Balaban J connectivity index is 1.87. The summed E-state index contributed by atoms with van der Waals surface area (Å²) in [5, 5.41) is 44.4. The summed E-state index contributed by atoms with van der Waals surface area (Å²) in [4.78, 5) is 30.6. The first-order valence-electron chi connectivity index (χ1n) is 10.9. The molecule has 0 fully saturated rings. The molecule has 9 N–H and O–H groups in total. The van der Waals surface area contributed by atoms with Gasteiger partial charge in [0.2, 0.25) is 0 Å². The number of urea groups is 1. The molecule has 11 heteroatoms. The number of nitrogens with zero attached hydrogens (tertiary/aromatic N) is 1. The number of fused-ring (bicyclic) bond motifs is 1. The number of aliphatic carboxylic acids is 1. The van der Waals surface area contributed by atoms with Crippen molar-refractivity contribution in [2.45, 2.75) is 13.0 Å². The SMILES string of the molecule is CNC(=O)NCc1cccc(-c2c(O)c(CC(=O)O)cc(-c3nc4ccc(C(=N)N)cc4[nH]3)c2O)c1. The number of phenolic OH excluding ortho intramolecular Hbond substituents is 2. The minimum absolute atomic E-state index is 0.0374. The number of carbonyl (C=O) groups excluding carboxylic acids is 1. The van der Waals surface area contributed by atoms with Crippen LogP contribution in [-0.4, -0.2) is 50.2 Å². The van der Waals surface area contributed by atoms with Gasteiger partial charge in [-0.15, -0.1) is 0 Å². The number of hydrogen-bond donors (Lipinski definition) is 8. The van der Waals surface area contributed by atoms with Crippen LogP contribution >= 0.6 is 0 Å². The molecule has 0 aliphatic heterocycles. The van der Waals surface area contributed by atoms with E-state index in [-0.39, 0.29) is 52.4 Å². The molecule has 0 unspecified atom stereocenters. The molecule has 36 heavy (non-hydrogen) atoms. The summed E-state index contributed by atoms with van der Waals surface area (Å²) in [6.45, 7) is 0.193. The molecule has 184 valence electrons. The number of imidazole rings is 1. The van der Waals surface area contributed by atoms with Crippen LogP contribution in [0.4, 0.5) is 4.79 Å². The molecule has 0 aliphatic carbocycles. The molecule has 4 aromatic rings. The second-order valence-electron chi connectivity index (χ2n) is 8.09. The van der Waals surface area contributed by atoms with Gasteiger partial charge in [0.25, 0.3) is 0 Å². The fraction of sp³-hybridized carbons (Fsp3) is 0.120. The molecular weight excluding hydrogens is 464 g/mol. The van der Waals surface area contributed by atoms with Crippen LogP contribution < -0.4 is 16.4 Å². The number of phenols is 2. The first-order valence-corrected chi connectivity index (χ1v) is 10.9. The van der Waals surface area contributed by atoms with Crippen molar-refractivity contribution in [2.24, 2.45) is 5.73 Å². The van der Waals surface area contributed by atoms with Gasteiger partial charge >= 0.3 is 12.0 Å². The highest BCUT2D eigenvalue weighted by Crippen LogP contribution is 2.46. The van der Waals surface area contributed by atoms with Crippen molar-refractivity contribution in [3.63, 3.8) is 0 Å². The number of amidine groups is 1. The number of hydrogen-bond acceptors (Lipinski definition) is 6. The van der Waals surface area contributed by atoms with E-state index in [4.69, 9.17) is 11.1 Å². The number of aromatic nitrogens is 2. The number of carbonyl (C=O) groups is 2. The Labute approximate surface area is 205 Å². The Morgan fingerprint density at radius 3 is 2.58 bits per heavy atom. The van der Waals surface area contributed by atoms with Gasteiger partial charge in [-0.25, -0.2) is 9.78 Å². The maximum absolute atomic E-state index is 11.5. The van der Waals surface area contributed by atoms with Gasteiger partial charge in [0, 0.05) is 24.7 Å². The maximum Gasteiger partial charge on any atom is 0.314 e. The molecule has 11 nitrogen and oxygen atoms in total. The van der Waals surface area contributed by atoms with Gasteiger partial charge in [0.05, 0.1) is 28.6 Å². The lowest BCUT2D eigenvalue weighted by molar-refractivity contribution is -0.136. The van der Waals surface area contributed by atoms with E-state index >= 15 is 0 Å². The van der Waals surface area contributed by atoms with Gasteiger partial charge in [-0.05, 0) is 41.5 Å². The van der Waals surface area contributed by atoms with Crippen LogP contribution in [0, 0.1) is 5.41 Å². The Hall–Kier alpha value is -5.06. The number of carboxylic acid groups (broad SMARTS) is 1. The van der Waals surface area contributed by atoms with Crippen molar-refractivity contribution in [3.8, 4) is 34.0 Å². The lowest BCUT2D eigenvalue weighted by Gasteiger charge is -2.15. The van der Waals surface area contributed by atoms with Gasteiger partial charge in [0.1, 0.15) is 23.2 Å². The van der Waals surface area contributed by atoms with Gasteiger partial charge in [-0.3, -0.25) is 10.2 Å². The highest BCUT2D eigenvalue weighted by Gasteiger charge is 2.23. The van der Waals surface area contributed by atoms with Crippen LogP contribution in [0.15, 0.2) is 48.5 Å². The minimum atomic E-state index is -1.16. The normalized spacial score (nSPS) is 10.8. The van der Waals surface area contributed by atoms with E-state index < -0.39 is 12.4 Å². The molecular formula is C25H24N6O5. The monoisotopic (exact) mass is 488 g/mol. The Morgan fingerprint density at radius 1 is 1.11 bits per heavy atom. The second-order valence-corrected chi connectivity index (χ2v) is 8.09. The van der Waals surface area contributed by atoms with Crippen LogP contribution in [0.3, 0.4) is 0 Å². The third-order valence-electron chi connectivity index (χ3n) is 5.64. The van der Waals surface area contributed by atoms with E-state index in [0.29, 0.717) is 27.7 Å². The number of aromatic hydroxyl groups is 2. The standard InChI is InChI=1S/C25H24N6O5/c1-28-25(36)29-11-12-3-2-4-13(7-12)20-21(34)15(10-19(32)33)8-16(22(20)35)24-30-17-6-5-14(23(26)27)9-18(17)31-24/h2-9,34-35H,10-11H2,1H3,(H3,26,27)(H,30,31)(H,32,33)(H2,28,29,36). The summed E-state index contributed by atoms with van der Waals surface area (Å²) in [6.07, 6.45) is -0.487. The van der Waals surface area contributed by atoms with Crippen molar-refractivity contribution in [1.29, 1.82) is 5.41 Å². The number of nitrogens with two attached hydrogens (primary N) is 1. The molecule has 1 heterocycles. The topological polar surface area (TPSA) is 197 Å². The Morgan fingerprint density at radius 2 is 1.89 bits per heavy atom. The molecule has 0 spiro atoms. The predicted molar refractivity (Wildman–Crippen MR) is 134 cm³/mol. The molecule has 2 amide bonds. The summed E-state index contributed by atoms with van der Waals surface area (Å²) in [6, 6.07) is 12.8. The van der Waals surface area contributed by atoms with E-state index in [9.17, 15) is 24.9 Å². The van der Waals surface area contributed by atoms with Gasteiger partial charge < -0.3 is 36.7 Å². The minimum Gasteiger partial charge on any atom is -0.507 e. The van der Waals surface area contributed by atoms with Crippen molar-refractivity contribution < 1.29 is 24.9 Å². The number of benzene rings is 3. The summed E-state index contributed by atoms with van der Waals surface area (Å²) in [5.74, 6) is -1.70. The third kappa shape index (κ3) is 4.75. The van der Waals surface area contributed by atoms with Crippen molar-refractivity contribution in [3.05, 3.63) is 65.2 Å². The summed E-state index contributed by atoms with van der Waals surface area (Å²) < 4.78 is 0. The molecule has 3 aromatic carbocycles. The van der Waals surface area contributed by atoms with Crippen LogP contribution in [0.2, 0.25) is 0 Å². The summed E-state index contributed by atoms with van der Waals surface area (Å²) in [7, 11) is 1.50. The zero-order valence-corrected chi connectivity index (χ0v) is 19.2. The maximum atomic E-state index is 11.5. The number of nitrogens with one attached hydrogen (secondary N) is 4. The van der Waals surface area contributed by atoms with Gasteiger partial charge in [0.15, 0.2) is 0 Å². The molecule has 4 rings (SSSR count). The predicted octanol–water partition coefficient (Wildman–Crippen LogP) is 2.65. The average molecular weight is 489 g/mol. The fourth-order valence-electron chi connectivity index (χ4n) is 3.88. The number of rotatable bonds is 7. The van der Waals surface area contributed by atoms with Crippen LogP contribution in [-0.2, 0) is 17.8 Å². The third-order valence-corrected chi connectivity index (χ3v) is 5.64. The smallest absolute Gasteiger partial charge is 0.314 e. The second kappa shape index (κ2) is 9.66. The van der Waals surface area contributed by atoms with E-state index in [2.05, 4.69) is 20.6 Å². The first kappa shape index (κ1) is 24.1. The number of aromatic amines is 1. The van der Waals surface area contributed by atoms with E-state index in [1.54, 1.807) is 42.5 Å². The number of amides is 2. The fourth-order valence-corrected chi connectivity index (χ4v) is 3.88. The molecule has 1 aromatic heterocycles. The average Bonchev–Trinajstić information content (AvgIpc) is 3.27. The Kier molecular flexibility index (Phi) is 6.46. The first-order chi connectivity index (χ1) is 17.2. The highest BCUT2D eigenvalue weighted by atomic mass is 16.4. The number of nitrogen functional groups attached to an aromatic ring is 1. The summed E-state index contributed by atoms with van der Waals surface area (Å²) in [5.41, 5.74) is 8.60. The van der Waals surface area contributed by atoms with E-state index in [1.165, 1.54) is 13.1 Å². The Bertz CT molecular complexity index is 1510. The van der Waals surface area contributed by atoms with E-state index in [0.717, 1.165) is 0 Å². The lowest BCUT2D eigenvalue weighted by atomic mass is 9.94. The van der Waals surface area contributed by atoms with Crippen molar-refractivity contribution in [2.75, 3.05) is 7.05 Å². The number of H-pyrrole nitrogens is 1. The van der Waals surface area contributed by atoms with E-state index in [1.807, 2.05) is 0 Å². The molecule has 0 saturated carbocycles. The van der Waals surface area contributed by atoms with Crippen molar-refractivity contribution in [1.82, 2.24) is 20.6 Å². The highest BCUT2D eigenvalue weighted by molar-refractivity contribution is 5.98. The lowest BCUT2D eigenvalue weighted by Crippen LogP contribution is -2.32. The molecule has 0 aliphatic rings. The quantitative estimate of drug-likeness (QED) is 0.144. The van der Waals surface area contributed by atoms with Crippen LogP contribution in [0.5, 0.6) is 11.5 Å². The largest absolute Gasteiger partial charge is 0.507 e. The van der Waals surface area contributed by atoms with Gasteiger partial charge in [-0.2, -0.15) is 0 Å². The zero-order valence-electron chi connectivity index (χ0n) is 19.2. The summed E-state index contributed by atoms with van der Waals surface area (Å²) >= 11 is 0.